The molecule has 2 aromatic carbocycles. The van der Waals surface area contributed by atoms with Crippen molar-refractivity contribution in [1.82, 2.24) is 15.2 Å². The first-order valence-corrected chi connectivity index (χ1v) is 8.25. The van der Waals surface area contributed by atoms with Gasteiger partial charge in [0.2, 0.25) is 0 Å². The lowest BCUT2D eigenvalue weighted by Crippen LogP contribution is -1.96. The van der Waals surface area contributed by atoms with Gasteiger partial charge in [0.1, 0.15) is 5.82 Å². The van der Waals surface area contributed by atoms with Crippen LogP contribution in [0.1, 0.15) is 0 Å². The Hall–Kier alpha value is -3.19. The van der Waals surface area contributed by atoms with E-state index < -0.39 is 11.6 Å². The monoisotopic (exact) mass is 387 g/mol. The van der Waals surface area contributed by atoms with E-state index >= 15 is 0 Å². The summed E-state index contributed by atoms with van der Waals surface area (Å²) in [4.78, 5) is 4.29. The highest BCUT2D eigenvalue weighted by molar-refractivity contribution is 6.33. The Morgan fingerprint density at radius 1 is 1.04 bits per heavy atom. The van der Waals surface area contributed by atoms with Gasteiger partial charge in [-0.05, 0) is 24.3 Å². The molecule has 0 bridgehead atoms. The van der Waals surface area contributed by atoms with Gasteiger partial charge in [-0.15, -0.1) is 0 Å². The zero-order valence-electron chi connectivity index (χ0n) is 14.0. The van der Waals surface area contributed by atoms with Crippen LogP contribution in [-0.4, -0.2) is 22.3 Å². The second-order valence-electron chi connectivity index (χ2n) is 5.62. The molecule has 1 N–H and O–H groups in total. The summed E-state index contributed by atoms with van der Waals surface area (Å²) >= 11 is 6.26. The Morgan fingerprint density at radius 3 is 2.59 bits per heavy atom. The van der Waals surface area contributed by atoms with E-state index in [4.69, 9.17) is 21.1 Å². The van der Waals surface area contributed by atoms with Gasteiger partial charge in [0, 0.05) is 16.7 Å². The second kappa shape index (κ2) is 6.85. The molecule has 0 saturated heterocycles. The van der Waals surface area contributed by atoms with Crippen molar-refractivity contribution < 1.29 is 18.3 Å². The molecular weight excluding hydrogens is 376 g/mol. The fraction of sp³-hybridized carbons (Fsp3) is 0.0526. The molecule has 0 atom stereocenters. The Bertz CT molecular complexity index is 1150. The molecule has 4 rings (SSSR count). The third kappa shape index (κ3) is 3.17. The van der Waals surface area contributed by atoms with E-state index in [1.807, 2.05) is 18.2 Å². The lowest BCUT2D eigenvalue weighted by molar-refractivity contribution is 0.362. The van der Waals surface area contributed by atoms with Crippen LogP contribution in [-0.2, 0) is 0 Å². The van der Waals surface area contributed by atoms with Gasteiger partial charge < -0.3 is 9.47 Å². The van der Waals surface area contributed by atoms with Gasteiger partial charge in [0.15, 0.2) is 23.0 Å². The van der Waals surface area contributed by atoms with Gasteiger partial charge in [-0.2, -0.15) is 10.1 Å². The third-order valence-corrected chi connectivity index (χ3v) is 4.27. The summed E-state index contributed by atoms with van der Waals surface area (Å²) in [5.74, 6) is -1.46. The fourth-order valence-corrected chi connectivity index (χ4v) is 2.89. The number of methoxy groups -OCH3 is 1. The molecule has 0 radical (unpaired) electrons. The van der Waals surface area contributed by atoms with Crippen molar-refractivity contribution in [1.29, 1.82) is 0 Å². The predicted molar refractivity (Wildman–Crippen MR) is 97.3 cm³/mol. The van der Waals surface area contributed by atoms with Crippen molar-refractivity contribution in [3.8, 4) is 28.6 Å². The highest BCUT2D eigenvalue weighted by atomic mass is 35.5. The molecule has 2 heterocycles. The van der Waals surface area contributed by atoms with E-state index in [9.17, 15) is 8.78 Å². The smallest absolute Gasteiger partial charge is 0.264 e. The number of rotatable bonds is 4. The average molecular weight is 388 g/mol. The first-order valence-electron chi connectivity index (χ1n) is 7.87. The van der Waals surface area contributed by atoms with Gasteiger partial charge in [0.05, 0.1) is 18.2 Å². The number of nitrogens with one attached hydrogen (secondary N) is 1. The first kappa shape index (κ1) is 17.2. The molecule has 0 fully saturated rings. The maximum absolute atomic E-state index is 13.9. The van der Waals surface area contributed by atoms with Gasteiger partial charge in [-0.3, -0.25) is 5.10 Å². The SMILES string of the molecule is COc1cc2c(-c3ccccc3Cl)[nH]nc2nc1Oc1ccc(F)cc1F. The number of hydrogen-bond acceptors (Lipinski definition) is 4. The minimum atomic E-state index is -0.849. The highest BCUT2D eigenvalue weighted by Crippen LogP contribution is 2.37. The number of aromatic nitrogens is 3. The number of benzene rings is 2. The Labute approximate surface area is 157 Å². The normalized spacial score (nSPS) is 11.0. The molecule has 2 aromatic heterocycles. The lowest BCUT2D eigenvalue weighted by atomic mass is 10.1. The van der Waals surface area contributed by atoms with Crippen LogP contribution in [0.5, 0.6) is 17.4 Å². The van der Waals surface area contributed by atoms with E-state index in [0.717, 1.165) is 17.7 Å². The zero-order valence-corrected chi connectivity index (χ0v) is 14.7. The summed E-state index contributed by atoms with van der Waals surface area (Å²) in [7, 11) is 1.44. The molecular formula is C19H12ClF2N3O2. The van der Waals surface area contributed by atoms with Crippen LogP contribution in [0.4, 0.5) is 8.78 Å². The molecule has 0 aliphatic rings. The van der Waals surface area contributed by atoms with Crippen molar-refractivity contribution in [2.24, 2.45) is 0 Å². The number of ether oxygens (including phenoxy) is 2. The van der Waals surface area contributed by atoms with Gasteiger partial charge in [-0.1, -0.05) is 29.8 Å². The van der Waals surface area contributed by atoms with E-state index in [2.05, 4.69) is 15.2 Å². The Morgan fingerprint density at radius 2 is 1.85 bits per heavy atom. The van der Waals surface area contributed by atoms with Gasteiger partial charge >= 0.3 is 0 Å². The summed E-state index contributed by atoms with van der Waals surface area (Å²) in [6.45, 7) is 0. The molecule has 4 aromatic rings. The maximum atomic E-state index is 13.9. The molecule has 0 spiro atoms. The first-order chi connectivity index (χ1) is 13.1. The molecule has 0 saturated carbocycles. The maximum Gasteiger partial charge on any atom is 0.264 e. The van der Waals surface area contributed by atoms with Crippen LogP contribution < -0.4 is 9.47 Å². The molecule has 136 valence electrons. The average Bonchev–Trinajstić information content (AvgIpc) is 3.06. The molecule has 0 amide bonds. The van der Waals surface area contributed by atoms with Crippen molar-refractivity contribution in [3.63, 3.8) is 0 Å². The fourth-order valence-electron chi connectivity index (χ4n) is 2.66. The van der Waals surface area contributed by atoms with Crippen LogP contribution in [0.15, 0.2) is 48.5 Å². The lowest BCUT2D eigenvalue weighted by Gasteiger charge is -2.10. The third-order valence-electron chi connectivity index (χ3n) is 3.94. The minimum Gasteiger partial charge on any atom is -0.491 e. The standard InChI is InChI=1S/C19H12ClF2N3O2/c1-26-16-9-12-17(11-4-2-3-5-13(11)20)24-25-18(12)23-19(16)27-15-7-6-10(21)8-14(15)22/h2-9H,1H3,(H,23,24,25). The quantitative estimate of drug-likeness (QED) is 0.512. The van der Waals surface area contributed by atoms with Crippen LogP contribution in [0.25, 0.3) is 22.3 Å². The zero-order chi connectivity index (χ0) is 19.0. The molecule has 0 aliphatic heterocycles. The van der Waals surface area contributed by atoms with Crippen LogP contribution in [0.3, 0.4) is 0 Å². The number of H-pyrrole nitrogens is 1. The number of nitrogens with zero attached hydrogens (tertiary/aromatic N) is 2. The van der Waals surface area contributed by atoms with E-state index in [-0.39, 0.29) is 17.4 Å². The Kier molecular flexibility index (Phi) is 4.37. The van der Waals surface area contributed by atoms with Crippen LogP contribution >= 0.6 is 11.6 Å². The predicted octanol–water partition coefficient (Wildman–Crippen LogP) is 5.36. The van der Waals surface area contributed by atoms with Crippen LogP contribution in [0, 0.1) is 11.6 Å². The van der Waals surface area contributed by atoms with E-state index in [1.165, 1.54) is 13.2 Å². The molecule has 5 nitrogen and oxygen atoms in total. The number of aromatic amines is 1. The van der Waals surface area contributed by atoms with E-state index in [1.54, 1.807) is 12.1 Å². The van der Waals surface area contributed by atoms with Crippen LogP contribution in [0.2, 0.25) is 5.02 Å². The van der Waals surface area contributed by atoms with Crippen molar-refractivity contribution in [2.45, 2.75) is 0 Å². The molecule has 8 heteroatoms. The number of pyridine rings is 1. The highest BCUT2D eigenvalue weighted by Gasteiger charge is 2.18. The summed E-state index contributed by atoms with van der Waals surface area (Å²) in [5, 5.41) is 8.28. The summed E-state index contributed by atoms with van der Waals surface area (Å²) in [6, 6.07) is 12.0. The van der Waals surface area contributed by atoms with Crippen molar-refractivity contribution in [3.05, 3.63) is 65.2 Å². The molecule has 0 aliphatic carbocycles. The number of hydrogen-bond donors (Lipinski definition) is 1. The summed E-state index contributed by atoms with van der Waals surface area (Å²) in [6.07, 6.45) is 0. The number of halogens is 3. The largest absolute Gasteiger partial charge is 0.491 e. The summed E-state index contributed by atoms with van der Waals surface area (Å²) in [5.41, 5.74) is 1.76. The number of fused-ring (bicyclic) bond motifs is 1. The Balaban J connectivity index is 1.81. The van der Waals surface area contributed by atoms with E-state index in [0.29, 0.717) is 21.7 Å². The molecule has 0 unspecified atom stereocenters. The van der Waals surface area contributed by atoms with Crippen molar-refractivity contribution in [2.75, 3.05) is 7.11 Å². The van der Waals surface area contributed by atoms with Crippen molar-refractivity contribution >= 4 is 22.6 Å². The summed E-state index contributed by atoms with van der Waals surface area (Å²) < 4.78 is 37.8. The topological polar surface area (TPSA) is 60.0 Å². The molecule has 27 heavy (non-hydrogen) atoms. The second-order valence-corrected chi connectivity index (χ2v) is 6.03. The van der Waals surface area contributed by atoms with Gasteiger partial charge in [0.25, 0.3) is 5.88 Å². The minimum absolute atomic E-state index is 0.00715. The van der Waals surface area contributed by atoms with Gasteiger partial charge in [-0.25, -0.2) is 8.78 Å².